The zero-order valence-electron chi connectivity index (χ0n) is 11.2. The predicted molar refractivity (Wildman–Crippen MR) is 72.9 cm³/mol. The Kier molecular flexibility index (Phi) is 4.25. The zero-order valence-corrected chi connectivity index (χ0v) is 11.2. The van der Waals surface area contributed by atoms with Gasteiger partial charge in [0.05, 0.1) is 6.61 Å². The summed E-state index contributed by atoms with van der Waals surface area (Å²) in [5.74, 6) is -2.30. The Morgan fingerprint density at radius 1 is 1.29 bits per heavy atom. The molecule has 1 aromatic carbocycles. The van der Waals surface area contributed by atoms with Crippen molar-refractivity contribution in [2.24, 2.45) is 0 Å². The molecule has 4 N–H and O–H groups in total. The quantitative estimate of drug-likeness (QED) is 0.606. The lowest BCUT2D eigenvalue weighted by Gasteiger charge is -2.16. The molecule has 2 aromatic rings. The van der Waals surface area contributed by atoms with Crippen LogP contribution in [0.25, 0.3) is 10.9 Å². The van der Waals surface area contributed by atoms with Gasteiger partial charge in [-0.1, -0.05) is 18.2 Å². The number of esters is 1. The van der Waals surface area contributed by atoms with E-state index in [1.54, 1.807) is 31.2 Å². The maximum Gasteiger partial charge on any atom is 0.352 e. The normalized spacial score (nSPS) is 13.9. The molecule has 7 heteroatoms. The number of carboxylic acids is 1. The number of para-hydroxylation sites is 1. The molecule has 2 rings (SSSR count). The highest BCUT2D eigenvalue weighted by Gasteiger charge is 2.32. The van der Waals surface area contributed by atoms with E-state index < -0.39 is 24.1 Å². The van der Waals surface area contributed by atoms with Crippen molar-refractivity contribution >= 4 is 22.8 Å². The minimum absolute atomic E-state index is 0.0429. The molecular formula is C14H15NO6. The minimum atomic E-state index is -1.86. The topological polar surface area (TPSA) is 120 Å². The first-order chi connectivity index (χ1) is 9.97. The van der Waals surface area contributed by atoms with Crippen LogP contribution in [0.4, 0.5) is 0 Å². The van der Waals surface area contributed by atoms with E-state index in [0.717, 1.165) is 0 Å². The van der Waals surface area contributed by atoms with E-state index in [2.05, 4.69) is 9.72 Å². The van der Waals surface area contributed by atoms with Gasteiger partial charge in [0.25, 0.3) is 0 Å². The van der Waals surface area contributed by atoms with Crippen LogP contribution >= 0.6 is 0 Å². The fourth-order valence-corrected chi connectivity index (χ4v) is 2.15. The summed E-state index contributed by atoms with van der Waals surface area (Å²) in [6.45, 7) is 1.60. The number of H-pyrrole nitrogens is 1. The maximum absolute atomic E-state index is 11.5. The number of nitrogens with one attached hydrogen (secondary N) is 1. The van der Waals surface area contributed by atoms with Gasteiger partial charge in [0.15, 0.2) is 6.10 Å². The number of aliphatic hydroxyl groups is 2. The molecule has 0 aliphatic heterocycles. The molecule has 0 fully saturated rings. The average Bonchev–Trinajstić information content (AvgIpc) is 2.85. The van der Waals surface area contributed by atoms with Crippen LogP contribution in [0.5, 0.6) is 0 Å². The number of aromatic nitrogens is 1. The second kappa shape index (κ2) is 5.94. The largest absolute Gasteiger partial charge is 0.477 e. The smallest absolute Gasteiger partial charge is 0.352 e. The number of ether oxygens (including phenoxy) is 1. The van der Waals surface area contributed by atoms with E-state index >= 15 is 0 Å². The average molecular weight is 293 g/mol. The number of fused-ring (bicyclic) bond motifs is 1. The second-order valence-electron chi connectivity index (χ2n) is 4.41. The third-order valence-electron chi connectivity index (χ3n) is 3.08. The molecule has 112 valence electrons. The molecular weight excluding hydrogens is 278 g/mol. The van der Waals surface area contributed by atoms with Gasteiger partial charge >= 0.3 is 11.9 Å². The zero-order chi connectivity index (χ0) is 15.6. The molecule has 0 saturated carbocycles. The molecule has 1 aromatic heterocycles. The molecule has 2 atom stereocenters. The lowest BCUT2D eigenvalue weighted by atomic mass is 10.0. The first-order valence-corrected chi connectivity index (χ1v) is 6.34. The summed E-state index contributed by atoms with van der Waals surface area (Å²) in [6.07, 6.45) is -3.56. The van der Waals surface area contributed by atoms with Gasteiger partial charge in [0, 0.05) is 16.5 Å². The van der Waals surface area contributed by atoms with E-state index in [-0.39, 0.29) is 17.9 Å². The molecule has 7 nitrogen and oxygen atoms in total. The van der Waals surface area contributed by atoms with Crippen LogP contribution in [0.3, 0.4) is 0 Å². The second-order valence-corrected chi connectivity index (χ2v) is 4.41. The molecule has 0 radical (unpaired) electrons. The van der Waals surface area contributed by atoms with Gasteiger partial charge in [-0.25, -0.2) is 9.59 Å². The number of hydrogen-bond acceptors (Lipinski definition) is 5. The van der Waals surface area contributed by atoms with E-state index in [9.17, 15) is 24.9 Å². The Morgan fingerprint density at radius 3 is 2.57 bits per heavy atom. The van der Waals surface area contributed by atoms with Crippen molar-refractivity contribution in [2.45, 2.75) is 19.1 Å². The van der Waals surface area contributed by atoms with Crippen LogP contribution in [0, 0.1) is 0 Å². The Bertz CT molecular complexity index is 677. The van der Waals surface area contributed by atoms with E-state index in [1.807, 2.05) is 0 Å². The lowest BCUT2D eigenvalue weighted by Crippen LogP contribution is -2.30. The van der Waals surface area contributed by atoms with Gasteiger partial charge in [-0.05, 0) is 13.0 Å². The van der Waals surface area contributed by atoms with Gasteiger partial charge < -0.3 is 25.0 Å². The molecule has 2 unspecified atom stereocenters. The summed E-state index contributed by atoms with van der Waals surface area (Å²) in [4.78, 5) is 25.4. The number of carbonyl (C=O) groups excluding carboxylic acids is 1. The van der Waals surface area contributed by atoms with E-state index in [4.69, 9.17) is 0 Å². The van der Waals surface area contributed by atoms with Crippen molar-refractivity contribution in [2.75, 3.05) is 6.61 Å². The highest BCUT2D eigenvalue weighted by atomic mass is 16.5. The van der Waals surface area contributed by atoms with Crippen LogP contribution in [0.1, 0.15) is 29.1 Å². The minimum Gasteiger partial charge on any atom is -0.477 e. The van der Waals surface area contributed by atoms with Crippen molar-refractivity contribution in [3.63, 3.8) is 0 Å². The fourth-order valence-electron chi connectivity index (χ4n) is 2.15. The number of hydrogen-bond donors (Lipinski definition) is 4. The molecule has 0 aliphatic rings. The SMILES string of the molecule is CCOC(=O)C(O)C(O)c1c(C(=O)O)[nH]c2ccccc12. The van der Waals surface area contributed by atoms with Crippen molar-refractivity contribution < 1.29 is 29.6 Å². The third-order valence-corrected chi connectivity index (χ3v) is 3.08. The van der Waals surface area contributed by atoms with Crippen molar-refractivity contribution in [3.8, 4) is 0 Å². The van der Waals surface area contributed by atoms with Crippen LogP contribution in [-0.4, -0.2) is 45.0 Å². The molecule has 0 bridgehead atoms. The van der Waals surface area contributed by atoms with Crippen LogP contribution in [0.2, 0.25) is 0 Å². The Labute approximate surface area is 119 Å². The summed E-state index contributed by atoms with van der Waals surface area (Å²) in [5.41, 5.74) is 0.172. The molecule has 21 heavy (non-hydrogen) atoms. The van der Waals surface area contributed by atoms with Crippen LogP contribution in [0.15, 0.2) is 24.3 Å². The Balaban J connectivity index is 2.51. The number of aromatic amines is 1. The van der Waals surface area contributed by atoms with Crippen LogP contribution in [-0.2, 0) is 9.53 Å². The number of rotatable bonds is 5. The monoisotopic (exact) mass is 293 g/mol. The van der Waals surface area contributed by atoms with Crippen molar-refractivity contribution in [3.05, 3.63) is 35.5 Å². The molecule has 0 saturated heterocycles. The summed E-state index contributed by atoms with van der Waals surface area (Å²) in [7, 11) is 0. The van der Waals surface area contributed by atoms with Gasteiger partial charge in [0.1, 0.15) is 11.8 Å². The fraction of sp³-hybridized carbons (Fsp3) is 0.286. The number of aromatic carboxylic acids is 1. The molecule has 1 heterocycles. The summed E-state index contributed by atoms with van der Waals surface area (Å²) in [5, 5.41) is 29.6. The summed E-state index contributed by atoms with van der Waals surface area (Å²) < 4.78 is 4.63. The van der Waals surface area contributed by atoms with Gasteiger partial charge in [0.2, 0.25) is 0 Å². The number of carboxylic acid groups (broad SMARTS) is 1. The maximum atomic E-state index is 11.5. The summed E-state index contributed by atoms with van der Waals surface area (Å²) in [6, 6.07) is 6.58. The number of benzene rings is 1. The summed E-state index contributed by atoms with van der Waals surface area (Å²) >= 11 is 0. The lowest BCUT2D eigenvalue weighted by molar-refractivity contribution is -0.159. The number of aliphatic hydroxyl groups excluding tert-OH is 2. The third kappa shape index (κ3) is 2.74. The van der Waals surface area contributed by atoms with Gasteiger partial charge in [-0.2, -0.15) is 0 Å². The Hall–Kier alpha value is -2.38. The molecule has 0 amide bonds. The highest BCUT2D eigenvalue weighted by molar-refractivity contribution is 5.98. The predicted octanol–water partition coefficient (Wildman–Crippen LogP) is 0.823. The molecule has 0 aliphatic carbocycles. The van der Waals surface area contributed by atoms with E-state index in [0.29, 0.717) is 10.9 Å². The van der Waals surface area contributed by atoms with Crippen LogP contribution < -0.4 is 0 Å². The van der Waals surface area contributed by atoms with Gasteiger partial charge in [-0.15, -0.1) is 0 Å². The first kappa shape index (κ1) is 15.0. The van der Waals surface area contributed by atoms with Crippen molar-refractivity contribution in [1.29, 1.82) is 0 Å². The number of carbonyl (C=O) groups is 2. The standard InChI is InChI=1S/C14H15NO6/c1-2-21-14(20)12(17)11(16)9-7-5-3-4-6-8(7)15-10(9)13(18)19/h3-6,11-12,15-17H,2H2,1H3,(H,18,19). The Morgan fingerprint density at radius 2 is 1.95 bits per heavy atom. The molecule has 0 spiro atoms. The van der Waals surface area contributed by atoms with Gasteiger partial charge in [-0.3, -0.25) is 0 Å². The van der Waals surface area contributed by atoms with Crippen molar-refractivity contribution in [1.82, 2.24) is 4.98 Å². The first-order valence-electron chi connectivity index (χ1n) is 6.34. The highest BCUT2D eigenvalue weighted by Crippen LogP contribution is 2.30. The van der Waals surface area contributed by atoms with E-state index in [1.165, 1.54) is 0 Å².